The number of amides is 1. The number of rotatable bonds is 8. The molecule has 1 atom stereocenters. The molecule has 0 bridgehead atoms. The van der Waals surface area contributed by atoms with Crippen LogP contribution >= 0.6 is 0 Å². The number of carboxylic acid groups (broad SMARTS) is 1. The molecular formula is C19H27NO4. The molecule has 1 saturated carbocycles. The molecule has 1 aromatic carbocycles. The van der Waals surface area contributed by atoms with E-state index in [1.165, 1.54) is 19.3 Å². The van der Waals surface area contributed by atoms with Crippen LogP contribution in [-0.2, 0) is 16.0 Å². The van der Waals surface area contributed by atoms with Crippen molar-refractivity contribution < 1.29 is 19.4 Å². The number of hydrogen-bond acceptors (Lipinski definition) is 3. The molecule has 1 aliphatic carbocycles. The first-order valence-electron chi connectivity index (χ1n) is 8.85. The summed E-state index contributed by atoms with van der Waals surface area (Å²) in [6.07, 6.45) is 6.95. The van der Waals surface area contributed by atoms with Gasteiger partial charge in [0.15, 0.2) is 0 Å². The highest BCUT2D eigenvalue weighted by molar-refractivity contribution is 5.87. The highest BCUT2D eigenvalue weighted by Gasteiger charge is 2.23. The van der Waals surface area contributed by atoms with Gasteiger partial charge in [-0.25, -0.2) is 4.79 Å². The van der Waals surface area contributed by atoms with E-state index in [1.54, 1.807) is 24.3 Å². The molecule has 0 aromatic heterocycles. The number of carboxylic acids is 1. The minimum absolute atomic E-state index is 0.0507. The number of nitrogens with one attached hydrogen (secondary N) is 1. The second-order valence-electron chi connectivity index (χ2n) is 6.34. The number of ether oxygens (including phenoxy) is 1. The highest BCUT2D eigenvalue weighted by atomic mass is 16.5. The molecule has 1 unspecified atom stereocenters. The van der Waals surface area contributed by atoms with Crippen molar-refractivity contribution in [1.82, 2.24) is 5.32 Å². The van der Waals surface area contributed by atoms with Crippen molar-refractivity contribution in [3.8, 4) is 0 Å². The Balaban J connectivity index is 1.75. The van der Waals surface area contributed by atoms with Crippen LogP contribution in [0.3, 0.4) is 0 Å². The molecule has 5 heteroatoms. The Hall–Kier alpha value is -1.88. The summed E-state index contributed by atoms with van der Waals surface area (Å²) in [6, 6.07) is 6.73. The van der Waals surface area contributed by atoms with Crippen LogP contribution in [0.5, 0.6) is 0 Å². The Morgan fingerprint density at radius 1 is 1.21 bits per heavy atom. The summed E-state index contributed by atoms with van der Waals surface area (Å²) >= 11 is 0. The van der Waals surface area contributed by atoms with Gasteiger partial charge in [-0.05, 0) is 43.4 Å². The quantitative estimate of drug-likeness (QED) is 0.766. The van der Waals surface area contributed by atoms with E-state index in [0.29, 0.717) is 19.4 Å². The fourth-order valence-corrected chi connectivity index (χ4v) is 3.03. The van der Waals surface area contributed by atoms with Crippen molar-refractivity contribution in [2.75, 3.05) is 6.54 Å². The highest BCUT2D eigenvalue weighted by Crippen LogP contribution is 2.22. The monoisotopic (exact) mass is 333 g/mol. The van der Waals surface area contributed by atoms with Crippen molar-refractivity contribution in [3.63, 3.8) is 0 Å². The van der Waals surface area contributed by atoms with Gasteiger partial charge in [0.2, 0.25) is 5.91 Å². The van der Waals surface area contributed by atoms with Gasteiger partial charge in [-0.15, -0.1) is 0 Å². The summed E-state index contributed by atoms with van der Waals surface area (Å²) in [5.41, 5.74) is 1.27. The molecule has 1 aromatic rings. The fraction of sp³-hybridized carbons (Fsp3) is 0.579. The molecule has 5 nitrogen and oxygen atoms in total. The maximum atomic E-state index is 12.3. The van der Waals surface area contributed by atoms with Crippen LogP contribution in [0, 0.1) is 0 Å². The third-order valence-electron chi connectivity index (χ3n) is 4.49. The molecule has 24 heavy (non-hydrogen) atoms. The Morgan fingerprint density at radius 3 is 2.46 bits per heavy atom. The number of hydrogen-bond donors (Lipinski definition) is 2. The predicted molar refractivity (Wildman–Crippen MR) is 92.2 cm³/mol. The summed E-state index contributed by atoms with van der Waals surface area (Å²) in [4.78, 5) is 23.1. The van der Waals surface area contributed by atoms with Crippen molar-refractivity contribution >= 4 is 11.9 Å². The molecule has 1 fully saturated rings. The number of carbonyl (C=O) groups is 2. The molecule has 0 radical (unpaired) electrons. The minimum Gasteiger partial charge on any atom is -0.478 e. The lowest BCUT2D eigenvalue weighted by Gasteiger charge is -2.26. The summed E-state index contributed by atoms with van der Waals surface area (Å²) in [7, 11) is 0. The zero-order valence-electron chi connectivity index (χ0n) is 14.3. The Kier molecular flexibility index (Phi) is 7.25. The number of benzene rings is 1. The lowest BCUT2D eigenvalue weighted by atomic mass is 9.97. The van der Waals surface area contributed by atoms with Gasteiger partial charge in [0, 0.05) is 6.54 Å². The average molecular weight is 333 g/mol. The zero-order valence-corrected chi connectivity index (χ0v) is 14.3. The van der Waals surface area contributed by atoms with Crippen LogP contribution in [-0.4, -0.2) is 35.7 Å². The van der Waals surface area contributed by atoms with E-state index < -0.39 is 5.97 Å². The first kappa shape index (κ1) is 18.5. The lowest BCUT2D eigenvalue weighted by molar-refractivity contribution is -0.138. The van der Waals surface area contributed by atoms with Crippen LogP contribution in [0.15, 0.2) is 24.3 Å². The van der Waals surface area contributed by atoms with Gasteiger partial charge in [-0.2, -0.15) is 0 Å². The smallest absolute Gasteiger partial charge is 0.335 e. The van der Waals surface area contributed by atoms with Gasteiger partial charge in [0.1, 0.15) is 6.10 Å². The number of carbonyl (C=O) groups excluding carboxylic acids is 1. The van der Waals surface area contributed by atoms with E-state index in [9.17, 15) is 9.59 Å². The third-order valence-corrected chi connectivity index (χ3v) is 4.49. The summed E-state index contributed by atoms with van der Waals surface area (Å²) in [5, 5.41) is 11.8. The summed E-state index contributed by atoms with van der Waals surface area (Å²) in [5.74, 6) is -0.981. The molecule has 0 saturated heterocycles. The van der Waals surface area contributed by atoms with E-state index in [4.69, 9.17) is 9.84 Å². The first-order valence-corrected chi connectivity index (χ1v) is 8.85. The van der Waals surface area contributed by atoms with Gasteiger partial charge in [0.05, 0.1) is 11.7 Å². The largest absolute Gasteiger partial charge is 0.478 e. The van der Waals surface area contributed by atoms with E-state index in [-0.39, 0.29) is 23.7 Å². The lowest BCUT2D eigenvalue weighted by Crippen LogP contribution is -2.39. The van der Waals surface area contributed by atoms with Crippen LogP contribution in [0.25, 0.3) is 0 Å². The van der Waals surface area contributed by atoms with Crippen LogP contribution in [0.1, 0.15) is 61.4 Å². The van der Waals surface area contributed by atoms with Crippen LogP contribution < -0.4 is 5.32 Å². The molecule has 0 aliphatic heterocycles. The van der Waals surface area contributed by atoms with Gasteiger partial charge < -0.3 is 15.2 Å². The molecular weight excluding hydrogens is 306 g/mol. The number of aromatic carboxylic acids is 1. The molecule has 132 valence electrons. The first-order chi connectivity index (χ1) is 11.6. The van der Waals surface area contributed by atoms with Crippen molar-refractivity contribution in [2.24, 2.45) is 0 Å². The molecule has 1 amide bonds. The average Bonchev–Trinajstić information content (AvgIpc) is 2.61. The van der Waals surface area contributed by atoms with Gasteiger partial charge in [-0.1, -0.05) is 38.3 Å². The van der Waals surface area contributed by atoms with E-state index in [2.05, 4.69) is 5.32 Å². The van der Waals surface area contributed by atoms with Gasteiger partial charge in [0.25, 0.3) is 0 Å². The van der Waals surface area contributed by atoms with Gasteiger partial charge in [-0.3, -0.25) is 4.79 Å². The molecule has 1 aliphatic rings. The summed E-state index contributed by atoms with van der Waals surface area (Å²) in [6.45, 7) is 2.49. The fourth-order valence-electron chi connectivity index (χ4n) is 3.03. The van der Waals surface area contributed by atoms with E-state index in [1.807, 2.05) is 6.92 Å². The topological polar surface area (TPSA) is 75.6 Å². The van der Waals surface area contributed by atoms with Gasteiger partial charge >= 0.3 is 5.97 Å². The SMILES string of the molecule is CCC(OC1CCCCC1)C(=O)NCCc1ccc(C(=O)O)cc1. The van der Waals surface area contributed by atoms with Crippen LogP contribution in [0.4, 0.5) is 0 Å². The molecule has 2 rings (SSSR count). The molecule has 2 N–H and O–H groups in total. The van der Waals surface area contributed by atoms with Crippen molar-refractivity contribution in [3.05, 3.63) is 35.4 Å². The van der Waals surface area contributed by atoms with Crippen LogP contribution in [0.2, 0.25) is 0 Å². The molecule has 0 spiro atoms. The Morgan fingerprint density at radius 2 is 1.88 bits per heavy atom. The maximum Gasteiger partial charge on any atom is 0.335 e. The van der Waals surface area contributed by atoms with E-state index in [0.717, 1.165) is 18.4 Å². The normalized spacial score (nSPS) is 16.5. The summed E-state index contributed by atoms with van der Waals surface area (Å²) < 4.78 is 5.97. The Bertz CT molecular complexity index is 535. The standard InChI is InChI=1S/C19H27NO4/c1-2-17(24-16-6-4-3-5-7-16)18(21)20-13-12-14-8-10-15(11-9-14)19(22)23/h8-11,16-17H,2-7,12-13H2,1H3,(H,20,21)(H,22,23). The van der Waals surface area contributed by atoms with E-state index >= 15 is 0 Å². The van der Waals surface area contributed by atoms with Crippen molar-refractivity contribution in [2.45, 2.75) is 64.1 Å². The predicted octanol–water partition coefficient (Wildman–Crippen LogP) is 3.17. The second kappa shape index (κ2) is 9.42. The second-order valence-corrected chi connectivity index (χ2v) is 6.34. The zero-order chi connectivity index (χ0) is 17.4. The third kappa shape index (κ3) is 5.64. The van der Waals surface area contributed by atoms with Crippen molar-refractivity contribution in [1.29, 1.82) is 0 Å². The molecule has 0 heterocycles. The Labute approximate surface area is 143 Å². The maximum absolute atomic E-state index is 12.3. The minimum atomic E-state index is -0.930.